The van der Waals surface area contributed by atoms with E-state index in [0.29, 0.717) is 16.2 Å². The average Bonchev–Trinajstić information content (AvgIpc) is 2.64. The third-order valence-corrected chi connectivity index (χ3v) is 7.91. The third-order valence-electron chi connectivity index (χ3n) is 7.91. The average molecular weight is 385 g/mol. The molecule has 4 aliphatic rings. The van der Waals surface area contributed by atoms with E-state index in [9.17, 15) is 4.79 Å². The number of nitrogens with zero attached hydrogens (tertiary/aromatic N) is 2. The van der Waals surface area contributed by atoms with Gasteiger partial charge in [0.25, 0.3) is 0 Å². The van der Waals surface area contributed by atoms with E-state index in [-0.39, 0.29) is 17.4 Å². The molecule has 4 rings (SSSR count). The van der Waals surface area contributed by atoms with Crippen molar-refractivity contribution in [1.29, 1.82) is 0 Å². The van der Waals surface area contributed by atoms with Crippen LogP contribution in [0.2, 0.25) is 0 Å². The number of unbranched alkanes of at least 4 members (excludes halogenated alkanes) is 6. The van der Waals surface area contributed by atoms with E-state index in [1.807, 2.05) is 0 Å². The molecule has 0 saturated carbocycles. The number of carbonyl (C=O) groups is 1. The first kappa shape index (κ1) is 21.9. The van der Waals surface area contributed by atoms with E-state index in [0.717, 1.165) is 39.0 Å². The number of rotatable bonds is 10. The maximum absolute atomic E-state index is 13.2. The van der Waals surface area contributed by atoms with Crippen LogP contribution in [0.3, 0.4) is 0 Å². The lowest BCUT2D eigenvalue weighted by Crippen LogP contribution is -2.72. The van der Waals surface area contributed by atoms with Gasteiger partial charge in [-0.15, -0.1) is 0 Å². The smallest absolute Gasteiger partial charge is 0.396 e. The molecule has 3 heterocycles. The highest BCUT2D eigenvalue weighted by atomic mass is 16.2. The Morgan fingerprint density at radius 1 is 1.14 bits per heavy atom. The van der Waals surface area contributed by atoms with Crippen molar-refractivity contribution in [2.24, 2.45) is 17.3 Å². The molecule has 2 saturated heterocycles. The molecule has 2 fully saturated rings. The summed E-state index contributed by atoms with van der Waals surface area (Å²) >= 11 is 0. The van der Waals surface area contributed by atoms with Crippen molar-refractivity contribution in [3.63, 3.8) is 0 Å². The van der Waals surface area contributed by atoms with Crippen molar-refractivity contribution in [2.75, 3.05) is 26.2 Å². The summed E-state index contributed by atoms with van der Waals surface area (Å²) in [5.41, 5.74) is 1.54. The van der Waals surface area contributed by atoms with E-state index in [2.05, 4.69) is 38.7 Å². The van der Waals surface area contributed by atoms with E-state index < -0.39 is 0 Å². The minimum atomic E-state index is 0.0926. The number of hydrogen-bond acceptors (Lipinski definition) is 1. The van der Waals surface area contributed by atoms with Crippen molar-refractivity contribution in [2.45, 2.75) is 91.5 Å². The molecule has 0 spiro atoms. The summed E-state index contributed by atoms with van der Waals surface area (Å²) in [5, 5.41) is 0. The van der Waals surface area contributed by atoms with E-state index in [1.165, 1.54) is 50.5 Å². The second kappa shape index (κ2) is 8.94. The Morgan fingerprint density at radius 2 is 1.82 bits per heavy atom. The lowest BCUT2D eigenvalue weighted by atomic mass is 9.53. The van der Waals surface area contributed by atoms with Gasteiger partial charge in [0.1, 0.15) is 0 Å². The fourth-order valence-corrected chi connectivity index (χ4v) is 6.65. The molecule has 0 aromatic rings. The number of fused-ring (bicyclic) bond motifs is 1. The molecule has 156 valence electrons. The van der Waals surface area contributed by atoms with Gasteiger partial charge in [-0.3, -0.25) is 4.79 Å². The van der Waals surface area contributed by atoms with Crippen molar-refractivity contribution in [1.82, 2.24) is 4.90 Å². The van der Waals surface area contributed by atoms with Crippen LogP contribution in [-0.2, 0) is 4.79 Å². The summed E-state index contributed by atoms with van der Waals surface area (Å²) in [5.74, 6) is 0.968. The molecule has 0 N–H and O–H groups in total. The van der Waals surface area contributed by atoms with Crippen molar-refractivity contribution in [3.05, 3.63) is 11.6 Å². The standard InChI is InChI=1S/C24H42BN2O/c1-5-7-9-11-14-26-22-19(3)17-20(23(26)28)21-13-16-27(25,18-24(21,22)4)15-12-10-8-6-2/h17,20-22H,5-16,18H2,1-4H3/q+1/t20-,21+,22+,24+,27+/m1/s1. The van der Waals surface area contributed by atoms with Crippen LogP contribution in [0.25, 0.3) is 0 Å². The van der Waals surface area contributed by atoms with E-state index >= 15 is 0 Å². The zero-order chi connectivity index (χ0) is 20.4. The molecule has 0 aromatic heterocycles. The van der Waals surface area contributed by atoms with Gasteiger partial charge >= 0.3 is 7.98 Å². The third kappa shape index (κ3) is 4.08. The van der Waals surface area contributed by atoms with Gasteiger partial charge in [0.2, 0.25) is 5.91 Å². The number of quaternary nitrogens is 1. The molecule has 3 aliphatic heterocycles. The Labute approximate surface area is 174 Å². The van der Waals surface area contributed by atoms with Crippen LogP contribution in [0.5, 0.6) is 0 Å². The first-order valence-electron chi connectivity index (χ1n) is 12.0. The van der Waals surface area contributed by atoms with Crippen molar-refractivity contribution in [3.8, 4) is 0 Å². The SMILES string of the molecule is [B][N@@+]1(CCCCCC)CC[C@H]2[C@H]3C=C(C)[C@H](N(CCCCCC)C3=O)[C@@]2(C)C1. The van der Waals surface area contributed by atoms with Crippen molar-refractivity contribution < 1.29 is 9.19 Å². The van der Waals surface area contributed by atoms with Gasteiger partial charge in [-0.1, -0.05) is 64.5 Å². The Balaban J connectivity index is 1.75. The van der Waals surface area contributed by atoms with Gasteiger partial charge in [-0.2, -0.15) is 0 Å². The molecule has 4 heteroatoms. The predicted octanol–water partition coefficient (Wildman–Crippen LogP) is 4.86. The second-order valence-corrected chi connectivity index (χ2v) is 10.2. The van der Waals surface area contributed by atoms with E-state index in [1.54, 1.807) is 0 Å². The largest absolute Gasteiger partial charge is 0.481 e. The summed E-state index contributed by atoms with van der Waals surface area (Å²) in [6, 6.07) is 0.258. The molecular formula is C24H42BN2O+. The van der Waals surface area contributed by atoms with Crippen LogP contribution in [0.15, 0.2) is 11.6 Å². The van der Waals surface area contributed by atoms with Gasteiger partial charge in [0.05, 0.1) is 31.6 Å². The summed E-state index contributed by atoms with van der Waals surface area (Å²) < 4.78 is 0.713. The number of amides is 1. The predicted molar refractivity (Wildman–Crippen MR) is 118 cm³/mol. The minimum absolute atomic E-state index is 0.0926. The second-order valence-electron chi connectivity index (χ2n) is 10.2. The highest BCUT2D eigenvalue weighted by Crippen LogP contribution is 2.55. The lowest BCUT2D eigenvalue weighted by Gasteiger charge is -2.63. The Bertz CT molecular complexity index is 591. The molecule has 3 nitrogen and oxygen atoms in total. The van der Waals surface area contributed by atoms with Crippen molar-refractivity contribution >= 4 is 13.9 Å². The topological polar surface area (TPSA) is 20.3 Å². The monoisotopic (exact) mass is 385 g/mol. The van der Waals surface area contributed by atoms with Gasteiger partial charge in [0.15, 0.2) is 0 Å². The summed E-state index contributed by atoms with van der Waals surface area (Å²) in [6.45, 7) is 13.3. The Kier molecular flexibility index (Phi) is 7.00. The molecule has 5 atom stereocenters. The molecule has 28 heavy (non-hydrogen) atoms. The molecule has 1 amide bonds. The van der Waals surface area contributed by atoms with Crippen LogP contribution < -0.4 is 0 Å². The lowest BCUT2D eigenvalue weighted by molar-refractivity contribution is -0.835. The molecule has 0 aromatic carbocycles. The highest BCUT2D eigenvalue weighted by Gasteiger charge is 2.62. The van der Waals surface area contributed by atoms with E-state index in [4.69, 9.17) is 7.98 Å². The molecule has 0 unspecified atom stereocenters. The Hall–Kier alpha value is -0.765. The van der Waals surface area contributed by atoms with Crippen LogP contribution >= 0.6 is 0 Å². The Morgan fingerprint density at radius 3 is 2.50 bits per heavy atom. The number of piperidine rings is 2. The minimum Gasteiger partial charge on any atom is -0.396 e. The van der Waals surface area contributed by atoms with Crippen LogP contribution in [0, 0.1) is 17.3 Å². The fraction of sp³-hybridized carbons (Fsp3) is 0.875. The van der Waals surface area contributed by atoms with Crippen LogP contribution in [-0.4, -0.2) is 55.4 Å². The highest BCUT2D eigenvalue weighted by molar-refractivity contribution is 5.97. The normalized spacial score (nSPS) is 37.1. The van der Waals surface area contributed by atoms with Gasteiger partial charge in [-0.05, 0) is 38.5 Å². The number of hydrogen-bond donors (Lipinski definition) is 0. The maximum atomic E-state index is 13.2. The molecule has 2 bridgehead atoms. The van der Waals surface area contributed by atoms with Crippen LogP contribution in [0.4, 0.5) is 0 Å². The first-order valence-corrected chi connectivity index (χ1v) is 12.0. The summed E-state index contributed by atoms with van der Waals surface area (Å²) in [6.07, 6.45) is 13.4. The summed E-state index contributed by atoms with van der Waals surface area (Å²) in [4.78, 5) is 15.5. The molecule has 1 aliphatic carbocycles. The zero-order valence-corrected chi connectivity index (χ0v) is 18.9. The quantitative estimate of drug-likeness (QED) is 0.299. The first-order chi connectivity index (χ1) is 13.4. The molecular weight excluding hydrogens is 343 g/mol. The van der Waals surface area contributed by atoms with Gasteiger partial charge in [0, 0.05) is 12.0 Å². The number of likely N-dealkylation sites (tertiary alicyclic amines) is 1. The summed E-state index contributed by atoms with van der Waals surface area (Å²) in [7, 11) is 6.95. The number of carbonyl (C=O) groups excluding carboxylic acids is 1. The van der Waals surface area contributed by atoms with Gasteiger partial charge < -0.3 is 9.29 Å². The van der Waals surface area contributed by atoms with Gasteiger partial charge in [-0.25, -0.2) is 0 Å². The fourth-order valence-electron chi connectivity index (χ4n) is 6.65. The van der Waals surface area contributed by atoms with Crippen LogP contribution in [0.1, 0.15) is 85.5 Å². The zero-order valence-electron chi connectivity index (χ0n) is 18.9. The maximum Gasteiger partial charge on any atom is 0.481 e. The molecule has 2 radical (unpaired) electrons.